The average Bonchev–Trinajstić information content (AvgIpc) is 2.82. The molecule has 3 heteroatoms. The van der Waals surface area contributed by atoms with Gasteiger partial charge in [0.15, 0.2) is 0 Å². The number of hydrogen-bond acceptors (Lipinski definition) is 2. The smallest absolute Gasteiger partial charge is 0.150 e. The molecule has 2 aromatic carbocycles. The minimum Gasteiger partial charge on any atom is -0.299 e. The number of nitrogens with zero attached hydrogens (tertiary/aromatic N) is 2. The van der Waals surface area contributed by atoms with Gasteiger partial charge in [-0.25, -0.2) is 4.98 Å². The Morgan fingerprint density at radius 2 is 1.75 bits per heavy atom. The SMILES string of the molecule is Cc1cc2ncn(-c3ccc(C=O)cc3C)c2cc1C. The van der Waals surface area contributed by atoms with Crippen LogP contribution >= 0.6 is 0 Å². The highest BCUT2D eigenvalue weighted by atomic mass is 16.1. The Bertz CT molecular complexity index is 815. The van der Waals surface area contributed by atoms with E-state index < -0.39 is 0 Å². The summed E-state index contributed by atoms with van der Waals surface area (Å²) in [4.78, 5) is 15.3. The number of carbonyl (C=O) groups excluding carboxylic acids is 1. The summed E-state index contributed by atoms with van der Waals surface area (Å²) >= 11 is 0. The van der Waals surface area contributed by atoms with E-state index in [1.54, 1.807) is 0 Å². The predicted octanol–water partition coefficient (Wildman–Crippen LogP) is 3.76. The van der Waals surface area contributed by atoms with Crippen LogP contribution in [0.15, 0.2) is 36.7 Å². The Balaban J connectivity index is 2.24. The maximum Gasteiger partial charge on any atom is 0.150 e. The molecule has 0 aliphatic rings. The molecule has 0 fully saturated rings. The third-order valence-corrected chi connectivity index (χ3v) is 3.78. The van der Waals surface area contributed by atoms with E-state index in [4.69, 9.17) is 0 Å². The van der Waals surface area contributed by atoms with Crippen molar-refractivity contribution in [1.82, 2.24) is 9.55 Å². The molecule has 0 radical (unpaired) electrons. The van der Waals surface area contributed by atoms with Gasteiger partial charge in [0, 0.05) is 5.56 Å². The van der Waals surface area contributed by atoms with Crippen LogP contribution in [0.5, 0.6) is 0 Å². The van der Waals surface area contributed by atoms with Gasteiger partial charge in [-0.15, -0.1) is 0 Å². The van der Waals surface area contributed by atoms with Crippen LogP contribution in [-0.4, -0.2) is 15.8 Å². The maximum atomic E-state index is 10.8. The fourth-order valence-corrected chi connectivity index (χ4v) is 2.48. The van der Waals surface area contributed by atoms with E-state index in [1.807, 2.05) is 31.5 Å². The summed E-state index contributed by atoms with van der Waals surface area (Å²) in [5.41, 5.74) is 7.40. The van der Waals surface area contributed by atoms with Crippen LogP contribution in [-0.2, 0) is 0 Å². The van der Waals surface area contributed by atoms with Gasteiger partial charge in [0.2, 0.25) is 0 Å². The molecule has 3 nitrogen and oxygen atoms in total. The number of carbonyl (C=O) groups is 1. The highest BCUT2D eigenvalue weighted by Crippen LogP contribution is 2.24. The highest BCUT2D eigenvalue weighted by molar-refractivity contribution is 5.80. The molecule has 1 heterocycles. The fourth-order valence-electron chi connectivity index (χ4n) is 2.48. The van der Waals surface area contributed by atoms with Gasteiger partial charge in [-0.2, -0.15) is 0 Å². The fraction of sp³-hybridized carbons (Fsp3) is 0.176. The number of imidazole rings is 1. The molecule has 0 saturated carbocycles. The van der Waals surface area contributed by atoms with Gasteiger partial charge >= 0.3 is 0 Å². The summed E-state index contributed by atoms with van der Waals surface area (Å²) < 4.78 is 2.08. The topological polar surface area (TPSA) is 34.9 Å². The number of benzene rings is 2. The lowest BCUT2D eigenvalue weighted by molar-refractivity contribution is 0.112. The summed E-state index contributed by atoms with van der Waals surface area (Å²) in [5, 5.41) is 0. The average molecular weight is 264 g/mol. The van der Waals surface area contributed by atoms with Crippen molar-refractivity contribution in [2.75, 3.05) is 0 Å². The summed E-state index contributed by atoms with van der Waals surface area (Å²) in [6.45, 7) is 6.21. The first-order valence-electron chi connectivity index (χ1n) is 6.60. The van der Waals surface area contributed by atoms with Gasteiger partial charge in [0.1, 0.15) is 12.6 Å². The summed E-state index contributed by atoms with van der Waals surface area (Å²) in [6.07, 6.45) is 2.71. The van der Waals surface area contributed by atoms with Crippen LogP contribution in [0.2, 0.25) is 0 Å². The van der Waals surface area contributed by atoms with E-state index in [-0.39, 0.29) is 0 Å². The molecular weight excluding hydrogens is 248 g/mol. The normalized spacial score (nSPS) is 10.9. The molecule has 0 aliphatic carbocycles. The first kappa shape index (κ1) is 12.6. The molecule has 0 unspecified atom stereocenters. The zero-order chi connectivity index (χ0) is 14.3. The van der Waals surface area contributed by atoms with E-state index in [1.165, 1.54) is 11.1 Å². The van der Waals surface area contributed by atoms with Crippen LogP contribution in [0.25, 0.3) is 16.7 Å². The zero-order valence-electron chi connectivity index (χ0n) is 11.8. The number of hydrogen-bond donors (Lipinski definition) is 0. The molecule has 100 valence electrons. The number of rotatable bonds is 2. The lowest BCUT2D eigenvalue weighted by Gasteiger charge is -2.09. The minimum atomic E-state index is 0.697. The van der Waals surface area contributed by atoms with E-state index in [9.17, 15) is 4.79 Å². The molecule has 3 aromatic rings. The van der Waals surface area contributed by atoms with Crippen molar-refractivity contribution in [2.45, 2.75) is 20.8 Å². The lowest BCUT2D eigenvalue weighted by Crippen LogP contribution is -1.97. The first-order chi connectivity index (χ1) is 9.60. The van der Waals surface area contributed by atoms with Gasteiger partial charge in [-0.1, -0.05) is 0 Å². The van der Waals surface area contributed by atoms with Crippen LogP contribution in [0.4, 0.5) is 0 Å². The summed E-state index contributed by atoms with van der Waals surface area (Å²) in [5.74, 6) is 0. The number of aryl methyl sites for hydroxylation is 3. The molecule has 1 aromatic heterocycles. The monoisotopic (exact) mass is 264 g/mol. The molecule has 0 atom stereocenters. The van der Waals surface area contributed by atoms with Crippen molar-refractivity contribution in [1.29, 1.82) is 0 Å². The zero-order valence-corrected chi connectivity index (χ0v) is 11.8. The molecule has 0 amide bonds. The third-order valence-electron chi connectivity index (χ3n) is 3.78. The van der Waals surface area contributed by atoms with Crippen LogP contribution in [0, 0.1) is 20.8 Å². The maximum absolute atomic E-state index is 10.8. The molecule has 0 N–H and O–H groups in total. The molecule has 0 aliphatic heterocycles. The highest BCUT2D eigenvalue weighted by Gasteiger charge is 2.09. The Labute approximate surface area is 117 Å². The number of aromatic nitrogens is 2. The van der Waals surface area contributed by atoms with E-state index in [0.717, 1.165) is 28.6 Å². The van der Waals surface area contributed by atoms with Gasteiger partial charge in [-0.3, -0.25) is 9.36 Å². The molecule has 3 rings (SSSR count). The van der Waals surface area contributed by atoms with Crippen molar-refractivity contribution < 1.29 is 4.79 Å². The van der Waals surface area contributed by atoms with Crippen LogP contribution in [0.1, 0.15) is 27.0 Å². The second-order valence-corrected chi connectivity index (χ2v) is 5.20. The quantitative estimate of drug-likeness (QED) is 0.660. The Morgan fingerprint density at radius 1 is 1.00 bits per heavy atom. The second-order valence-electron chi connectivity index (χ2n) is 5.20. The molecule has 0 bridgehead atoms. The standard InChI is InChI=1S/C17H16N2O/c1-11-7-15-17(8-12(11)2)19(10-18-15)16-5-4-14(9-20)6-13(16)3/h4-10H,1-3H3. The Hall–Kier alpha value is -2.42. The van der Waals surface area contributed by atoms with Crippen LogP contribution < -0.4 is 0 Å². The van der Waals surface area contributed by atoms with Crippen molar-refractivity contribution >= 4 is 17.3 Å². The first-order valence-corrected chi connectivity index (χ1v) is 6.60. The largest absolute Gasteiger partial charge is 0.299 e. The predicted molar refractivity (Wildman–Crippen MR) is 80.7 cm³/mol. The minimum absolute atomic E-state index is 0.697. The van der Waals surface area contributed by atoms with Crippen molar-refractivity contribution in [3.05, 3.63) is 58.9 Å². The molecule has 0 saturated heterocycles. The summed E-state index contributed by atoms with van der Waals surface area (Å²) in [7, 11) is 0. The van der Waals surface area contributed by atoms with E-state index in [2.05, 4.69) is 35.5 Å². The second kappa shape index (κ2) is 4.60. The van der Waals surface area contributed by atoms with E-state index in [0.29, 0.717) is 5.56 Å². The number of aldehydes is 1. The Kier molecular flexibility index (Phi) is 2.90. The lowest BCUT2D eigenvalue weighted by atomic mass is 10.1. The van der Waals surface area contributed by atoms with E-state index >= 15 is 0 Å². The van der Waals surface area contributed by atoms with Gasteiger partial charge in [-0.05, 0) is 67.8 Å². The number of fused-ring (bicyclic) bond motifs is 1. The van der Waals surface area contributed by atoms with Gasteiger partial charge < -0.3 is 0 Å². The van der Waals surface area contributed by atoms with Gasteiger partial charge in [0.05, 0.1) is 16.7 Å². The molecular formula is C17H16N2O. The van der Waals surface area contributed by atoms with Gasteiger partial charge in [0.25, 0.3) is 0 Å². The van der Waals surface area contributed by atoms with Crippen molar-refractivity contribution in [2.24, 2.45) is 0 Å². The van der Waals surface area contributed by atoms with Crippen LogP contribution in [0.3, 0.4) is 0 Å². The van der Waals surface area contributed by atoms with Crippen molar-refractivity contribution in [3.63, 3.8) is 0 Å². The summed E-state index contributed by atoms with van der Waals surface area (Å²) in [6, 6.07) is 9.97. The molecule has 20 heavy (non-hydrogen) atoms. The molecule has 0 spiro atoms. The van der Waals surface area contributed by atoms with Crippen molar-refractivity contribution in [3.8, 4) is 5.69 Å². The third kappa shape index (κ3) is 1.92. The Morgan fingerprint density at radius 3 is 2.45 bits per heavy atom.